The fraction of sp³-hybridized carbons (Fsp3) is 0.786. The summed E-state index contributed by atoms with van der Waals surface area (Å²) in [6, 6.07) is 0.253. The Morgan fingerprint density at radius 1 is 1.20 bits per heavy atom. The van der Waals surface area contributed by atoms with Gasteiger partial charge in [-0.2, -0.15) is 0 Å². The van der Waals surface area contributed by atoms with Crippen LogP contribution in [0.3, 0.4) is 0 Å². The lowest BCUT2D eigenvalue weighted by atomic mass is 9.96. The van der Waals surface area contributed by atoms with Gasteiger partial charge >= 0.3 is 17.1 Å². The van der Waals surface area contributed by atoms with Crippen LogP contribution in [0.2, 0.25) is 0 Å². The minimum Gasteiger partial charge on any atom is -0.463 e. The van der Waals surface area contributed by atoms with Crippen LogP contribution in [-0.2, 0) is 9.53 Å². The molecule has 20 heavy (non-hydrogen) atoms. The van der Waals surface area contributed by atoms with Crippen molar-refractivity contribution in [1.29, 1.82) is 0 Å². The second-order valence-corrected chi connectivity index (χ2v) is 5.16. The van der Waals surface area contributed by atoms with Crippen molar-refractivity contribution in [2.75, 3.05) is 0 Å². The van der Waals surface area contributed by atoms with Crippen molar-refractivity contribution in [3.05, 3.63) is 20.7 Å². The number of carbonyl (C=O) groups excluding carboxylic acids is 1. The molecule has 2 rings (SSSR count). The molecule has 5 nitrogen and oxygen atoms in total. The Kier molecular flexibility index (Phi) is 8.46. The number of ether oxygens (including phenoxy) is 1. The van der Waals surface area contributed by atoms with Crippen LogP contribution in [0, 0.1) is 0 Å². The number of aromatic nitrogens is 1. The first-order valence-electron chi connectivity index (χ1n) is 7.04. The number of carbonyl (C=O) groups is 1. The van der Waals surface area contributed by atoms with Crippen molar-refractivity contribution in [2.45, 2.75) is 71.4 Å². The number of hydrogen-bond acceptors (Lipinski definition) is 4. The summed E-state index contributed by atoms with van der Waals surface area (Å²) in [5, 5.41) is 0. The first-order chi connectivity index (χ1) is 8.97. The number of rotatable bonds is 3. The maximum absolute atomic E-state index is 10.7. The van der Waals surface area contributed by atoms with E-state index in [1.165, 1.54) is 23.8 Å². The normalized spacial score (nSPS) is 15.4. The number of halogens is 1. The zero-order valence-corrected chi connectivity index (χ0v) is 13.2. The summed E-state index contributed by atoms with van der Waals surface area (Å²) in [7, 11) is 0. The molecule has 1 saturated carbocycles. The molecule has 0 spiro atoms. The van der Waals surface area contributed by atoms with Crippen LogP contribution in [0.5, 0.6) is 0 Å². The molecule has 0 N–H and O–H groups in total. The average molecular weight is 306 g/mol. The van der Waals surface area contributed by atoms with Crippen LogP contribution in [0.4, 0.5) is 0 Å². The Hall–Kier alpha value is -1.10. The van der Waals surface area contributed by atoms with Gasteiger partial charge in [-0.25, -0.2) is 0 Å². The zero-order chi connectivity index (χ0) is 14.4. The maximum Gasteiger partial charge on any atom is 0.319 e. The fourth-order valence-electron chi connectivity index (χ4n) is 2.16. The minimum atomic E-state index is -0.267. The lowest BCUT2D eigenvalue weighted by Gasteiger charge is -2.18. The van der Waals surface area contributed by atoms with Gasteiger partial charge in [0.2, 0.25) is 0 Å². The predicted octanol–water partition coefficient (Wildman–Crippen LogP) is 2.36. The van der Waals surface area contributed by atoms with Crippen LogP contribution in [-0.4, -0.2) is 16.6 Å². The van der Waals surface area contributed by atoms with E-state index in [1.807, 2.05) is 13.8 Å². The summed E-state index contributed by atoms with van der Waals surface area (Å²) in [4.78, 5) is 31.8. The van der Waals surface area contributed by atoms with E-state index >= 15 is 0 Å². The molecule has 0 bridgehead atoms. The van der Waals surface area contributed by atoms with E-state index in [0.29, 0.717) is 6.42 Å². The molecule has 116 valence electrons. The summed E-state index contributed by atoms with van der Waals surface area (Å²) in [6.45, 7) is 5.46. The monoisotopic (exact) mass is 305 g/mol. The van der Waals surface area contributed by atoms with Gasteiger partial charge in [0.15, 0.2) is 0 Å². The highest BCUT2D eigenvalue weighted by Crippen LogP contribution is 2.26. The molecule has 1 fully saturated rings. The molecular formula is C14H24ClNO4. The van der Waals surface area contributed by atoms with E-state index in [-0.39, 0.29) is 41.6 Å². The van der Waals surface area contributed by atoms with Gasteiger partial charge in [-0.15, -0.1) is 12.4 Å². The van der Waals surface area contributed by atoms with Crippen LogP contribution >= 0.6 is 12.4 Å². The van der Waals surface area contributed by atoms with Crippen molar-refractivity contribution in [1.82, 2.24) is 4.57 Å². The summed E-state index contributed by atoms with van der Waals surface area (Å²) in [5.74, 6) is -0.125. The summed E-state index contributed by atoms with van der Waals surface area (Å²) in [5.41, 5.74) is -0.534. The lowest BCUT2D eigenvalue weighted by Crippen LogP contribution is -2.11. The summed E-state index contributed by atoms with van der Waals surface area (Å²) >= 11 is 0. The Labute approximate surface area is 125 Å². The van der Waals surface area contributed by atoms with Gasteiger partial charge in [-0.05, 0) is 26.7 Å². The fourth-order valence-corrected chi connectivity index (χ4v) is 2.16. The number of nitrogens with zero attached hydrogens (tertiary/aromatic N) is 1. The minimum absolute atomic E-state index is 0. The molecule has 6 heteroatoms. The second kappa shape index (κ2) is 8.95. The van der Waals surface area contributed by atoms with Gasteiger partial charge in [-0.3, -0.25) is 19.0 Å². The molecular weight excluding hydrogens is 282 g/mol. The van der Waals surface area contributed by atoms with Gasteiger partial charge in [0.1, 0.15) is 0 Å². The number of esters is 1. The van der Waals surface area contributed by atoms with Crippen LogP contribution in [0.15, 0.2) is 9.59 Å². The summed E-state index contributed by atoms with van der Waals surface area (Å²) in [6.07, 6.45) is 6.14. The Balaban J connectivity index is 0.000000364. The molecule has 0 saturated heterocycles. The van der Waals surface area contributed by atoms with E-state index < -0.39 is 0 Å². The largest absolute Gasteiger partial charge is 0.463 e. The number of hydrogen-bond donors (Lipinski definition) is 0. The first kappa shape index (κ1) is 18.9. The van der Waals surface area contributed by atoms with Crippen molar-refractivity contribution in [3.8, 4) is 0 Å². The summed E-state index contributed by atoms with van der Waals surface area (Å²) < 4.78 is 6.18. The molecule has 1 heterocycles. The van der Waals surface area contributed by atoms with Gasteiger partial charge in [0.25, 0.3) is 0 Å². The van der Waals surface area contributed by atoms with Crippen molar-refractivity contribution < 1.29 is 9.53 Å². The molecule has 0 unspecified atom stereocenters. The molecule has 1 aliphatic carbocycles. The highest BCUT2D eigenvalue weighted by Gasteiger charge is 2.26. The van der Waals surface area contributed by atoms with Gasteiger partial charge in [0, 0.05) is 12.5 Å². The highest BCUT2D eigenvalue weighted by molar-refractivity contribution is 5.85. The van der Waals surface area contributed by atoms with Crippen molar-refractivity contribution in [2.24, 2.45) is 0 Å². The predicted molar refractivity (Wildman–Crippen MR) is 80.2 cm³/mol. The van der Waals surface area contributed by atoms with Crippen molar-refractivity contribution in [3.63, 3.8) is 0 Å². The second-order valence-electron chi connectivity index (χ2n) is 5.16. The Bertz CT molecular complexity index is 443. The molecule has 1 aromatic heterocycles. The van der Waals surface area contributed by atoms with Crippen LogP contribution < -0.4 is 11.1 Å². The zero-order valence-electron chi connectivity index (χ0n) is 12.4. The third-order valence-corrected chi connectivity index (χ3v) is 3.17. The van der Waals surface area contributed by atoms with Crippen molar-refractivity contribution >= 4 is 18.4 Å². The van der Waals surface area contributed by atoms with Crippen LogP contribution in [0.1, 0.15) is 65.3 Å². The van der Waals surface area contributed by atoms with E-state index in [2.05, 4.69) is 0 Å². The van der Waals surface area contributed by atoms with E-state index in [9.17, 15) is 14.4 Å². The third kappa shape index (κ3) is 5.90. The average Bonchev–Trinajstić information content (AvgIpc) is 2.98. The van der Waals surface area contributed by atoms with E-state index in [0.717, 1.165) is 12.8 Å². The molecule has 0 aliphatic heterocycles. The first-order valence-corrected chi connectivity index (χ1v) is 7.04. The van der Waals surface area contributed by atoms with E-state index in [4.69, 9.17) is 4.74 Å². The lowest BCUT2D eigenvalue weighted by molar-refractivity contribution is -0.146. The maximum atomic E-state index is 10.7. The Morgan fingerprint density at radius 3 is 2.00 bits per heavy atom. The molecule has 0 aromatic carbocycles. The standard InChI is InChI=1S/C8H11NO2.C6H12O2.ClH/c10-7-8(11)9(7)6-4-2-1-3-5-6;1-4-6(7)8-5(2)3;/h6H,1-5H2;5H,4H2,1-3H3;1H. The molecule has 1 aromatic rings. The van der Waals surface area contributed by atoms with Gasteiger partial charge < -0.3 is 4.74 Å². The quantitative estimate of drug-likeness (QED) is 0.635. The highest BCUT2D eigenvalue weighted by atomic mass is 35.5. The molecule has 0 radical (unpaired) electrons. The van der Waals surface area contributed by atoms with Gasteiger partial charge in [0.05, 0.1) is 6.10 Å². The van der Waals surface area contributed by atoms with Crippen LogP contribution in [0.25, 0.3) is 0 Å². The molecule has 1 aliphatic rings. The Morgan fingerprint density at radius 2 is 1.70 bits per heavy atom. The smallest absolute Gasteiger partial charge is 0.319 e. The molecule has 0 atom stereocenters. The third-order valence-electron chi connectivity index (χ3n) is 3.17. The van der Waals surface area contributed by atoms with E-state index in [1.54, 1.807) is 6.92 Å². The SMILES string of the molecule is CCC(=O)OC(C)C.Cl.O=c1c(=O)n1C1CCCCC1. The van der Waals surface area contributed by atoms with Gasteiger partial charge in [-0.1, -0.05) is 26.2 Å². The molecule has 0 amide bonds. The topological polar surface area (TPSA) is 65.4 Å².